The van der Waals surface area contributed by atoms with Gasteiger partial charge in [0, 0.05) is 59.7 Å². The maximum Gasteiger partial charge on any atom is 0.340 e. The van der Waals surface area contributed by atoms with Crippen LogP contribution in [0.5, 0.6) is 0 Å². The number of H-pyrrole nitrogens is 1. The Balaban J connectivity index is 2.00. The second kappa shape index (κ2) is 4.88. The molecule has 0 aliphatic carbocycles. The van der Waals surface area contributed by atoms with Crippen LogP contribution in [0.1, 0.15) is 57.8 Å². The molecule has 2 saturated heterocycles. The van der Waals surface area contributed by atoms with Crippen molar-refractivity contribution in [3.05, 3.63) is 36.0 Å². The Morgan fingerprint density at radius 2 is 2.24 bits per heavy atom. The second-order valence-electron chi connectivity index (χ2n) is 4.33. The van der Waals surface area contributed by atoms with Crippen molar-refractivity contribution in [2.75, 3.05) is 6.98 Å². The smallest absolute Gasteiger partial charge is 0.340 e. The van der Waals surface area contributed by atoms with E-state index in [2.05, 4.69) is 4.98 Å². The molecule has 4 nitrogen and oxygen atoms in total. The van der Waals surface area contributed by atoms with Crippen LogP contribution in [0.4, 0.5) is 0 Å². The summed E-state index contributed by atoms with van der Waals surface area (Å²) in [6.07, 6.45) is -19.2. The SMILES string of the molecule is [2H]c1ccc([2H])c2c(C(=O)OC3([2H])C([2H])([2H])[C@]4([2H])N(C([2H])([2H])[2H])[C@]([2H])(C3([2H])[2H])C([2H])([2H])C4([2H])[2H])c[nH]c12. The van der Waals surface area contributed by atoms with E-state index in [0.29, 0.717) is 0 Å². The number of fused-ring (bicyclic) bond motifs is 3. The Morgan fingerprint density at radius 3 is 3.00 bits per heavy atom. The molecule has 0 saturated carbocycles. The highest BCUT2D eigenvalue weighted by atomic mass is 16.5. The summed E-state index contributed by atoms with van der Waals surface area (Å²) in [7, 11) is 0. The molecule has 2 bridgehead atoms. The average molecular weight is 300 g/mol. The van der Waals surface area contributed by atoms with Gasteiger partial charge in [0.25, 0.3) is 0 Å². The first-order valence-corrected chi connectivity index (χ1v) is 6.02. The summed E-state index contributed by atoms with van der Waals surface area (Å²) >= 11 is 0. The molecule has 4 rings (SSSR count). The minimum Gasteiger partial charge on any atom is -0.459 e. The van der Waals surface area contributed by atoms with Gasteiger partial charge < -0.3 is 14.6 Å². The number of piperidine rings is 1. The fourth-order valence-corrected chi connectivity index (χ4v) is 2.06. The van der Waals surface area contributed by atoms with E-state index in [-0.39, 0.29) is 23.0 Å². The Morgan fingerprint density at radius 1 is 1.48 bits per heavy atom. The molecule has 3 heterocycles. The molecule has 1 N–H and O–H groups in total. The number of para-hydroxylation sites is 1. The number of nitrogens with one attached hydrogen (secondary N) is 1. The van der Waals surface area contributed by atoms with Gasteiger partial charge in [-0.05, 0) is 25.8 Å². The Bertz CT molecular complexity index is 1280. The van der Waals surface area contributed by atoms with Crippen molar-refractivity contribution in [3.63, 3.8) is 0 Å². The lowest BCUT2D eigenvalue weighted by Crippen LogP contribution is -2.43. The monoisotopic (exact) mass is 300 g/mol. The number of hydrogen-bond acceptors (Lipinski definition) is 3. The van der Waals surface area contributed by atoms with E-state index in [9.17, 15) is 4.79 Å². The van der Waals surface area contributed by atoms with Gasteiger partial charge in [0.15, 0.2) is 0 Å². The summed E-state index contributed by atoms with van der Waals surface area (Å²) < 4.78 is 137. The van der Waals surface area contributed by atoms with Gasteiger partial charge >= 0.3 is 5.97 Å². The second-order valence-corrected chi connectivity index (χ2v) is 4.33. The lowest BCUT2D eigenvalue weighted by molar-refractivity contribution is -0.000258. The number of ether oxygens (including phenoxy) is 1. The average Bonchev–Trinajstić information content (AvgIpc) is 3.23. The molecule has 2 aromatic rings. The highest BCUT2D eigenvalue weighted by Crippen LogP contribution is 2.35. The zero-order chi connectivity index (χ0) is 28.6. The van der Waals surface area contributed by atoms with Crippen molar-refractivity contribution in [3.8, 4) is 0 Å². The molecule has 0 radical (unpaired) electrons. The van der Waals surface area contributed by atoms with Crippen molar-refractivity contribution >= 4 is 16.9 Å². The van der Waals surface area contributed by atoms with Gasteiger partial charge in [0.1, 0.15) is 6.08 Å². The third-order valence-corrected chi connectivity index (χ3v) is 3.04. The topological polar surface area (TPSA) is 45.3 Å². The summed E-state index contributed by atoms with van der Waals surface area (Å²) in [4.78, 5) is 15.2. The van der Waals surface area contributed by atoms with E-state index in [1.165, 1.54) is 6.07 Å². The molecule has 1 aromatic carbocycles. The van der Waals surface area contributed by atoms with E-state index in [0.717, 1.165) is 12.3 Å². The lowest BCUT2D eigenvalue weighted by atomic mass is 10.0. The Labute approximate surface area is 146 Å². The maximum atomic E-state index is 13.2. The number of carbonyl (C=O) groups excluding carboxylic acids is 1. The van der Waals surface area contributed by atoms with Crippen molar-refractivity contribution in [1.82, 2.24) is 9.88 Å². The van der Waals surface area contributed by atoms with Gasteiger partial charge in [0.2, 0.25) is 0 Å². The summed E-state index contributed by atoms with van der Waals surface area (Å²) in [5.74, 6) is -1.66. The quantitative estimate of drug-likeness (QED) is 0.867. The van der Waals surface area contributed by atoms with Gasteiger partial charge in [-0.1, -0.05) is 18.2 Å². The molecule has 2 aliphatic heterocycles. The van der Waals surface area contributed by atoms with Crippen LogP contribution in [0.3, 0.4) is 0 Å². The maximum absolute atomic E-state index is 13.2. The molecule has 21 heavy (non-hydrogen) atoms. The number of aromatic nitrogens is 1. The molecule has 110 valence electrons. The lowest BCUT2D eigenvalue weighted by Gasteiger charge is -2.35. The largest absolute Gasteiger partial charge is 0.459 e. The molecule has 1 unspecified atom stereocenters. The van der Waals surface area contributed by atoms with Gasteiger partial charge in [-0.2, -0.15) is 0 Å². The van der Waals surface area contributed by atoms with Gasteiger partial charge in [-0.15, -0.1) is 0 Å². The Kier molecular flexibility index (Phi) is 1.01. The van der Waals surface area contributed by atoms with Crippen LogP contribution in [-0.2, 0) is 4.74 Å². The van der Waals surface area contributed by atoms with Crippen molar-refractivity contribution in [2.45, 2.75) is 43.6 Å². The summed E-state index contributed by atoms with van der Waals surface area (Å²) in [6, 6.07) is -6.02. The van der Waals surface area contributed by atoms with Crippen LogP contribution in [-0.4, -0.2) is 40.9 Å². The fraction of sp³-hybridized carbons (Fsp3) is 0.471. The molecular weight excluding hydrogens is 264 g/mol. The predicted molar refractivity (Wildman–Crippen MR) is 81.3 cm³/mol. The first-order chi connectivity index (χ1) is 16.4. The minimum atomic E-state index is -4.11. The molecule has 0 spiro atoms. The standard InChI is InChI=1S/C17H20N2O2/c1-19-11-6-7-12(19)9-13(8-11)21-17(20)15-10-18-16-5-3-2-4-14(15)16/h2-5,10-13,18H,6-9H2,1H3/t11-,12+,13?/i1D3,4D,5D,6D2,7D2,8D2,9D2,11D,12D,13D. The van der Waals surface area contributed by atoms with E-state index < -0.39 is 67.0 Å². The minimum absolute atomic E-state index is 0.0246. The zero-order valence-electron chi connectivity index (χ0n) is 26.5. The van der Waals surface area contributed by atoms with Crippen molar-refractivity contribution < 1.29 is 31.5 Å². The highest BCUT2D eigenvalue weighted by molar-refractivity contribution is 6.04. The molecular formula is C17H20N2O2. The van der Waals surface area contributed by atoms with E-state index >= 15 is 0 Å². The third kappa shape index (κ3) is 2.14. The van der Waals surface area contributed by atoms with Gasteiger partial charge in [0.05, 0.1) is 9.68 Å². The van der Waals surface area contributed by atoms with Crippen LogP contribution in [0.15, 0.2) is 30.4 Å². The summed E-state index contributed by atoms with van der Waals surface area (Å²) in [5, 5.41) is -0.211. The number of esters is 1. The zero-order valence-corrected chi connectivity index (χ0v) is 10.5. The summed E-state index contributed by atoms with van der Waals surface area (Å²) in [6.45, 7) is -3.80. The Hall–Kier alpha value is -1.81. The van der Waals surface area contributed by atoms with Crippen LogP contribution in [0.25, 0.3) is 10.9 Å². The first-order valence-electron chi connectivity index (χ1n) is 14.0. The number of rotatable bonds is 2. The first kappa shape index (κ1) is 4.35. The highest BCUT2D eigenvalue weighted by Gasteiger charge is 2.40. The van der Waals surface area contributed by atoms with Crippen LogP contribution in [0.2, 0.25) is 0 Å². The van der Waals surface area contributed by atoms with Gasteiger partial charge in [-0.3, -0.25) is 0 Å². The van der Waals surface area contributed by atoms with E-state index in [4.69, 9.17) is 26.7 Å². The van der Waals surface area contributed by atoms with E-state index in [1.807, 2.05) is 0 Å². The van der Waals surface area contributed by atoms with Crippen LogP contribution >= 0.6 is 0 Å². The number of carbonyl (C=O) groups is 1. The molecule has 1 aromatic heterocycles. The van der Waals surface area contributed by atoms with Crippen LogP contribution < -0.4 is 0 Å². The molecule has 2 fully saturated rings. The van der Waals surface area contributed by atoms with Crippen molar-refractivity contribution in [2.24, 2.45) is 0 Å². The molecule has 0 amide bonds. The molecule has 4 heteroatoms. The number of aromatic amines is 1. The predicted octanol–water partition coefficient (Wildman–Crippen LogP) is 2.95. The number of hydrogen-bond donors (Lipinski definition) is 1. The number of benzene rings is 1. The molecule has 3 atom stereocenters. The molecule has 2 aliphatic rings. The normalized spacial score (nSPS) is 60.8. The number of nitrogens with zero attached hydrogens (tertiary/aromatic N) is 1. The van der Waals surface area contributed by atoms with Gasteiger partial charge in [-0.25, -0.2) is 4.79 Å². The third-order valence-electron chi connectivity index (χ3n) is 3.04. The van der Waals surface area contributed by atoms with Crippen LogP contribution in [0, 0.1) is 0 Å². The van der Waals surface area contributed by atoms with E-state index in [1.54, 1.807) is 0 Å². The van der Waals surface area contributed by atoms with Crippen molar-refractivity contribution in [1.29, 1.82) is 0 Å². The summed E-state index contributed by atoms with van der Waals surface area (Å²) in [5.41, 5.74) is -0.578. The fourth-order valence-electron chi connectivity index (χ4n) is 2.06.